The molecule has 1 saturated heterocycles. The highest BCUT2D eigenvalue weighted by molar-refractivity contribution is 5.45. The molecule has 0 radical (unpaired) electrons. The van der Waals surface area contributed by atoms with Gasteiger partial charge in [0, 0.05) is 32.2 Å². The maximum Gasteiger partial charge on any atom is 0.0572 e. The molecule has 1 aliphatic rings. The summed E-state index contributed by atoms with van der Waals surface area (Å²) in [5.74, 6) is 0.657. The Hall–Kier alpha value is -1.13. The van der Waals surface area contributed by atoms with Crippen LogP contribution in [0.5, 0.6) is 0 Å². The van der Waals surface area contributed by atoms with Gasteiger partial charge in [0.2, 0.25) is 0 Å². The van der Waals surface area contributed by atoms with E-state index in [-0.39, 0.29) is 0 Å². The van der Waals surface area contributed by atoms with E-state index in [9.17, 15) is 0 Å². The SMILES string of the molecule is CCCNC(C)c1ccc(N2CCC(COC)C2)cn1. The zero-order valence-electron chi connectivity index (χ0n) is 12.9. The molecule has 0 amide bonds. The average molecular weight is 277 g/mol. The number of aromatic nitrogens is 1. The Morgan fingerprint density at radius 1 is 1.50 bits per heavy atom. The van der Waals surface area contributed by atoms with E-state index in [2.05, 4.69) is 41.2 Å². The molecular formula is C16H27N3O. The Bertz CT molecular complexity index is 393. The molecule has 20 heavy (non-hydrogen) atoms. The van der Waals surface area contributed by atoms with E-state index in [1.807, 2.05) is 6.20 Å². The van der Waals surface area contributed by atoms with E-state index in [0.717, 1.165) is 38.4 Å². The van der Waals surface area contributed by atoms with Crippen molar-refractivity contribution in [2.24, 2.45) is 5.92 Å². The van der Waals surface area contributed by atoms with E-state index < -0.39 is 0 Å². The number of nitrogens with one attached hydrogen (secondary N) is 1. The van der Waals surface area contributed by atoms with E-state index in [0.29, 0.717) is 12.0 Å². The summed E-state index contributed by atoms with van der Waals surface area (Å²) in [6.07, 6.45) is 4.37. The van der Waals surface area contributed by atoms with Crippen LogP contribution in [0, 0.1) is 5.92 Å². The average Bonchev–Trinajstić information content (AvgIpc) is 2.94. The molecule has 4 nitrogen and oxygen atoms in total. The molecule has 1 aromatic heterocycles. The summed E-state index contributed by atoms with van der Waals surface area (Å²) in [6.45, 7) is 8.44. The van der Waals surface area contributed by atoms with Crippen LogP contribution < -0.4 is 10.2 Å². The Morgan fingerprint density at radius 3 is 3.00 bits per heavy atom. The number of hydrogen-bond acceptors (Lipinski definition) is 4. The molecule has 1 aromatic rings. The van der Waals surface area contributed by atoms with Crippen LogP contribution in [0.1, 0.15) is 38.4 Å². The molecule has 2 unspecified atom stereocenters. The predicted octanol–water partition coefficient (Wildman–Crippen LogP) is 2.61. The molecule has 0 aliphatic carbocycles. The van der Waals surface area contributed by atoms with Crippen molar-refractivity contribution in [1.82, 2.24) is 10.3 Å². The molecule has 112 valence electrons. The maximum absolute atomic E-state index is 5.25. The fourth-order valence-electron chi connectivity index (χ4n) is 2.75. The van der Waals surface area contributed by atoms with Gasteiger partial charge in [-0.2, -0.15) is 0 Å². The number of methoxy groups -OCH3 is 1. The fourth-order valence-corrected chi connectivity index (χ4v) is 2.75. The van der Waals surface area contributed by atoms with Crippen molar-refractivity contribution in [3.63, 3.8) is 0 Å². The second kappa shape index (κ2) is 7.60. The van der Waals surface area contributed by atoms with Gasteiger partial charge in [0.15, 0.2) is 0 Å². The van der Waals surface area contributed by atoms with Crippen LogP contribution in [0.2, 0.25) is 0 Å². The van der Waals surface area contributed by atoms with Gasteiger partial charge in [0.1, 0.15) is 0 Å². The van der Waals surface area contributed by atoms with Gasteiger partial charge in [-0.15, -0.1) is 0 Å². The first kappa shape index (κ1) is 15.3. The van der Waals surface area contributed by atoms with Gasteiger partial charge in [-0.05, 0) is 38.4 Å². The first-order valence-electron chi connectivity index (χ1n) is 7.67. The van der Waals surface area contributed by atoms with Crippen molar-refractivity contribution in [3.05, 3.63) is 24.0 Å². The summed E-state index contributed by atoms with van der Waals surface area (Å²) in [5, 5.41) is 3.47. The van der Waals surface area contributed by atoms with E-state index >= 15 is 0 Å². The van der Waals surface area contributed by atoms with Gasteiger partial charge >= 0.3 is 0 Å². The first-order valence-corrected chi connectivity index (χ1v) is 7.67. The summed E-state index contributed by atoms with van der Waals surface area (Å²) in [4.78, 5) is 7.02. The lowest BCUT2D eigenvalue weighted by Gasteiger charge is -2.19. The Kier molecular flexibility index (Phi) is 5.80. The summed E-state index contributed by atoms with van der Waals surface area (Å²) in [6, 6.07) is 4.66. The smallest absolute Gasteiger partial charge is 0.0572 e. The number of hydrogen-bond donors (Lipinski definition) is 1. The van der Waals surface area contributed by atoms with E-state index in [1.165, 1.54) is 12.1 Å². The van der Waals surface area contributed by atoms with Gasteiger partial charge in [-0.25, -0.2) is 0 Å². The highest BCUT2D eigenvalue weighted by Gasteiger charge is 2.22. The molecule has 0 aromatic carbocycles. The van der Waals surface area contributed by atoms with Crippen LogP contribution in [-0.2, 0) is 4.74 Å². The van der Waals surface area contributed by atoms with Crippen LogP contribution in [0.25, 0.3) is 0 Å². The fraction of sp³-hybridized carbons (Fsp3) is 0.688. The molecule has 1 N–H and O–H groups in total. The molecule has 0 saturated carbocycles. The van der Waals surface area contributed by atoms with Crippen molar-refractivity contribution in [3.8, 4) is 0 Å². The number of pyridine rings is 1. The minimum atomic E-state index is 0.323. The molecule has 4 heteroatoms. The summed E-state index contributed by atoms with van der Waals surface area (Å²) in [5.41, 5.74) is 2.35. The standard InChI is InChI=1S/C16H27N3O/c1-4-8-17-13(2)16-6-5-15(10-18-16)19-9-7-14(11-19)12-20-3/h5-6,10,13-14,17H,4,7-9,11-12H2,1-3H3. The second-order valence-electron chi connectivity index (χ2n) is 5.67. The zero-order valence-corrected chi connectivity index (χ0v) is 12.9. The van der Waals surface area contributed by atoms with Gasteiger partial charge in [-0.3, -0.25) is 4.98 Å². The Labute approximate surface area is 122 Å². The molecule has 0 bridgehead atoms. The minimum Gasteiger partial charge on any atom is -0.384 e. The monoisotopic (exact) mass is 277 g/mol. The highest BCUT2D eigenvalue weighted by atomic mass is 16.5. The number of ether oxygens (including phenoxy) is 1. The Balaban J connectivity index is 1.91. The van der Waals surface area contributed by atoms with Crippen molar-refractivity contribution in [2.45, 2.75) is 32.7 Å². The van der Waals surface area contributed by atoms with Crippen LogP contribution in [0.3, 0.4) is 0 Å². The van der Waals surface area contributed by atoms with Gasteiger partial charge in [-0.1, -0.05) is 6.92 Å². The molecule has 2 rings (SSSR count). The summed E-state index contributed by atoms with van der Waals surface area (Å²) < 4.78 is 5.25. The molecule has 1 fully saturated rings. The second-order valence-corrected chi connectivity index (χ2v) is 5.67. The zero-order chi connectivity index (χ0) is 14.4. The van der Waals surface area contributed by atoms with E-state index in [4.69, 9.17) is 4.74 Å². The normalized spacial score (nSPS) is 20.4. The van der Waals surface area contributed by atoms with Crippen LogP contribution >= 0.6 is 0 Å². The third-order valence-electron chi connectivity index (χ3n) is 3.97. The first-order chi connectivity index (χ1) is 9.74. The highest BCUT2D eigenvalue weighted by Crippen LogP contribution is 2.24. The van der Waals surface area contributed by atoms with Crippen molar-refractivity contribution < 1.29 is 4.74 Å². The lowest BCUT2D eigenvalue weighted by Crippen LogP contribution is -2.22. The lowest BCUT2D eigenvalue weighted by atomic mass is 10.1. The minimum absolute atomic E-state index is 0.323. The molecule has 2 heterocycles. The van der Waals surface area contributed by atoms with Crippen molar-refractivity contribution in [2.75, 3.05) is 38.3 Å². The van der Waals surface area contributed by atoms with Crippen LogP contribution in [-0.4, -0.2) is 38.3 Å². The molecular weight excluding hydrogens is 250 g/mol. The van der Waals surface area contributed by atoms with Crippen LogP contribution in [0.4, 0.5) is 5.69 Å². The predicted molar refractivity (Wildman–Crippen MR) is 83.1 cm³/mol. The number of anilines is 1. The third kappa shape index (κ3) is 3.93. The van der Waals surface area contributed by atoms with Crippen molar-refractivity contribution >= 4 is 5.69 Å². The maximum atomic E-state index is 5.25. The number of rotatable bonds is 7. The Morgan fingerprint density at radius 2 is 2.35 bits per heavy atom. The summed E-state index contributed by atoms with van der Waals surface area (Å²) in [7, 11) is 1.78. The van der Waals surface area contributed by atoms with E-state index in [1.54, 1.807) is 7.11 Å². The molecule has 1 aliphatic heterocycles. The third-order valence-corrected chi connectivity index (χ3v) is 3.97. The largest absolute Gasteiger partial charge is 0.384 e. The van der Waals surface area contributed by atoms with Gasteiger partial charge < -0.3 is 15.0 Å². The topological polar surface area (TPSA) is 37.4 Å². The van der Waals surface area contributed by atoms with Crippen LogP contribution in [0.15, 0.2) is 18.3 Å². The summed E-state index contributed by atoms with van der Waals surface area (Å²) >= 11 is 0. The quantitative estimate of drug-likeness (QED) is 0.831. The number of nitrogens with zero attached hydrogens (tertiary/aromatic N) is 2. The van der Waals surface area contributed by atoms with Gasteiger partial charge in [0.05, 0.1) is 24.2 Å². The molecule has 0 spiro atoms. The van der Waals surface area contributed by atoms with Crippen molar-refractivity contribution in [1.29, 1.82) is 0 Å². The molecule has 2 atom stereocenters. The van der Waals surface area contributed by atoms with Gasteiger partial charge in [0.25, 0.3) is 0 Å². The lowest BCUT2D eigenvalue weighted by molar-refractivity contribution is 0.161.